The van der Waals surface area contributed by atoms with Gasteiger partial charge in [-0.15, -0.1) is 6.58 Å². The molecule has 0 spiro atoms. The molecule has 0 saturated heterocycles. The van der Waals surface area contributed by atoms with E-state index in [2.05, 4.69) is 37.8 Å². The Kier molecular flexibility index (Phi) is 5.26. The lowest BCUT2D eigenvalue weighted by molar-refractivity contribution is 0.370. The normalized spacial score (nSPS) is 13.6. The first-order valence-electron chi connectivity index (χ1n) is 3.71. The van der Waals surface area contributed by atoms with Crippen LogP contribution in [-0.4, -0.2) is 38.1 Å². The average molecular weight is 142 g/mol. The monoisotopic (exact) mass is 142 g/mol. The molecular formula is C8H18N2. The maximum absolute atomic E-state index is 3.74. The van der Waals surface area contributed by atoms with Gasteiger partial charge in [0.25, 0.3) is 0 Å². The third-order valence-corrected chi connectivity index (χ3v) is 1.31. The third-order valence-electron chi connectivity index (χ3n) is 1.31. The van der Waals surface area contributed by atoms with Crippen LogP contribution in [0, 0.1) is 0 Å². The van der Waals surface area contributed by atoms with E-state index < -0.39 is 0 Å². The fourth-order valence-corrected chi connectivity index (χ4v) is 0.878. The highest BCUT2D eigenvalue weighted by molar-refractivity contribution is 4.86. The van der Waals surface area contributed by atoms with E-state index in [-0.39, 0.29) is 0 Å². The Bertz CT molecular complexity index is 89.3. The number of rotatable bonds is 5. The molecule has 0 aromatic carbocycles. The molecule has 0 saturated carbocycles. The average Bonchev–Trinajstić information content (AvgIpc) is 1.86. The molecule has 0 aliphatic rings. The van der Waals surface area contributed by atoms with Crippen LogP contribution in [0.25, 0.3) is 0 Å². The topological polar surface area (TPSA) is 15.3 Å². The van der Waals surface area contributed by atoms with Gasteiger partial charge in [-0.2, -0.15) is 0 Å². The molecule has 0 aliphatic carbocycles. The molecule has 1 N–H and O–H groups in total. The molecule has 10 heavy (non-hydrogen) atoms. The van der Waals surface area contributed by atoms with Gasteiger partial charge in [0, 0.05) is 12.6 Å². The minimum Gasteiger partial charge on any atom is -0.310 e. The van der Waals surface area contributed by atoms with E-state index in [9.17, 15) is 0 Å². The lowest BCUT2D eigenvalue weighted by atomic mass is 10.3. The van der Waals surface area contributed by atoms with Crippen LogP contribution in [0.2, 0.25) is 0 Å². The smallest absolute Gasteiger partial charge is 0.0375 e. The number of nitrogens with zero attached hydrogens (tertiary/aromatic N) is 1. The minimum absolute atomic E-state index is 0.431. The minimum atomic E-state index is 0.431. The summed E-state index contributed by atoms with van der Waals surface area (Å²) in [7, 11) is 4.13. The van der Waals surface area contributed by atoms with Gasteiger partial charge < -0.3 is 10.2 Å². The molecule has 0 aromatic heterocycles. The van der Waals surface area contributed by atoms with Crippen molar-refractivity contribution in [3.63, 3.8) is 0 Å². The van der Waals surface area contributed by atoms with Crippen molar-refractivity contribution < 1.29 is 0 Å². The standard InChI is InChI=1S/C8H18N2/c1-5-8(9-6-2)7-10(3)4/h5,8-9H,1,6-7H2,2-4H3. The predicted molar refractivity (Wildman–Crippen MR) is 46.2 cm³/mol. The largest absolute Gasteiger partial charge is 0.310 e. The predicted octanol–water partition coefficient (Wildman–Crippen LogP) is 0.712. The van der Waals surface area contributed by atoms with E-state index in [4.69, 9.17) is 0 Å². The summed E-state index contributed by atoms with van der Waals surface area (Å²) in [6, 6.07) is 0.431. The quantitative estimate of drug-likeness (QED) is 0.569. The summed E-state index contributed by atoms with van der Waals surface area (Å²) in [5, 5.41) is 3.30. The van der Waals surface area contributed by atoms with Gasteiger partial charge in [-0.25, -0.2) is 0 Å². The molecule has 0 aliphatic heterocycles. The number of nitrogens with one attached hydrogen (secondary N) is 1. The Morgan fingerprint density at radius 1 is 1.60 bits per heavy atom. The molecule has 2 nitrogen and oxygen atoms in total. The zero-order chi connectivity index (χ0) is 7.98. The molecule has 0 bridgehead atoms. The second-order valence-electron chi connectivity index (χ2n) is 2.66. The van der Waals surface area contributed by atoms with Crippen LogP contribution in [0.5, 0.6) is 0 Å². The lowest BCUT2D eigenvalue weighted by Gasteiger charge is -2.17. The fourth-order valence-electron chi connectivity index (χ4n) is 0.878. The molecule has 0 radical (unpaired) electrons. The summed E-state index contributed by atoms with van der Waals surface area (Å²) in [6.45, 7) is 7.88. The summed E-state index contributed by atoms with van der Waals surface area (Å²) in [5.41, 5.74) is 0. The molecule has 0 amide bonds. The molecular weight excluding hydrogens is 124 g/mol. The van der Waals surface area contributed by atoms with E-state index in [0.717, 1.165) is 13.1 Å². The van der Waals surface area contributed by atoms with Crippen LogP contribution in [0.3, 0.4) is 0 Å². The third kappa shape index (κ3) is 4.53. The molecule has 0 rings (SSSR count). The molecule has 1 atom stereocenters. The van der Waals surface area contributed by atoms with Crippen molar-refractivity contribution >= 4 is 0 Å². The van der Waals surface area contributed by atoms with Gasteiger partial charge in [-0.3, -0.25) is 0 Å². The van der Waals surface area contributed by atoms with Crippen LogP contribution < -0.4 is 5.32 Å². The summed E-state index contributed by atoms with van der Waals surface area (Å²) in [5.74, 6) is 0. The van der Waals surface area contributed by atoms with Gasteiger partial charge in [0.1, 0.15) is 0 Å². The van der Waals surface area contributed by atoms with Crippen molar-refractivity contribution in [2.45, 2.75) is 13.0 Å². The van der Waals surface area contributed by atoms with Crippen molar-refractivity contribution in [1.82, 2.24) is 10.2 Å². The van der Waals surface area contributed by atoms with E-state index in [1.807, 2.05) is 6.08 Å². The zero-order valence-electron chi connectivity index (χ0n) is 7.22. The zero-order valence-corrected chi connectivity index (χ0v) is 7.22. The first-order chi connectivity index (χ1) is 4.70. The van der Waals surface area contributed by atoms with Crippen LogP contribution in [0.4, 0.5) is 0 Å². The van der Waals surface area contributed by atoms with Crippen LogP contribution >= 0.6 is 0 Å². The van der Waals surface area contributed by atoms with Crippen LogP contribution in [-0.2, 0) is 0 Å². The van der Waals surface area contributed by atoms with Crippen molar-refractivity contribution in [3.05, 3.63) is 12.7 Å². The number of hydrogen-bond donors (Lipinski definition) is 1. The van der Waals surface area contributed by atoms with Gasteiger partial charge in [0.05, 0.1) is 0 Å². The van der Waals surface area contributed by atoms with Gasteiger partial charge in [0.2, 0.25) is 0 Å². The SMILES string of the molecule is C=CC(CN(C)C)NCC. The highest BCUT2D eigenvalue weighted by Crippen LogP contribution is 1.86. The Morgan fingerprint density at radius 3 is 2.50 bits per heavy atom. The highest BCUT2D eigenvalue weighted by Gasteiger charge is 2.01. The summed E-state index contributed by atoms with van der Waals surface area (Å²) in [6.07, 6.45) is 1.95. The number of hydrogen-bond acceptors (Lipinski definition) is 2. The van der Waals surface area contributed by atoms with Crippen molar-refractivity contribution in [2.24, 2.45) is 0 Å². The van der Waals surface area contributed by atoms with E-state index in [0.29, 0.717) is 6.04 Å². The molecule has 0 fully saturated rings. The fraction of sp³-hybridized carbons (Fsp3) is 0.750. The van der Waals surface area contributed by atoms with Crippen molar-refractivity contribution in [2.75, 3.05) is 27.2 Å². The maximum Gasteiger partial charge on any atom is 0.0375 e. The van der Waals surface area contributed by atoms with Gasteiger partial charge in [-0.05, 0) is 20.6 Å². The Labute approximate surface area is 63.9 Å². The van der Waals surface area contributed by atoms with E-state index in [1.54, 1.807) is 0 Å². The molecule has 60 valence electrons. The highest BCUT2D eigenvalue weighted by atomic mass is 15.1. The first kappa shape index (κ1) is 9.66. The van der Waals surface area contributed by atoms with Crippen LogP contribution in [0.15, 0.2) is 12.7 Å². The summed E-state index contributed by atoms with van der Waals surface area (Å²) >= 11 is 0. The van der Waals surface area contributed by atoms with Crippen molar-refractivity contribution in [1.29, 1.82) is 0 Å². The van der Waals surface area contributed by atoms with E-state index in [1.165, 1.54) is 0 Å². The first-order valence-corrected chi connectivity index (χ1v) is 3.71. The molecule has 1 unspecified atom stereocenters. The summed E-state index contributed by atoms with van der Waals surface area (Å²) in [4.78, 5) is 2.15. The van der Waals surface area contributed by atoms with Crippen LogP contribution in [0.1, 0.15) is 6.92 Å². The molecule has 2 heteroatoms. The van der Waals surface area contributed by atoms with Gasteiger partial charge in [-0.1, -0.05) is 13.0 Å². The van der Waals surface area contributed by atoms with Gasteiger partial charge in [0.15, 0.2) is 0 Å². The lowest BCUT2D eigenvalue weighted by Crippen LogP contribution is -2.36. The Balaban J connectivity index is 3.49. The number of likely N-dealkylation sites (N-methyl/N-ethyl adjacent to an activating group) is 2. The Hall–Kier alpha value is -0.340. The molecule has 0 aromatic rings. The maximum atomic E-state index is 3.74. The summed E-state index contributed by atoms with van der Waals surface area (Å²) < 4.78 is 0. The Morgan fingerprint density at radius 2 is 2.20 bits per heavy atom. The second kappa shape index (κ2) is 5.45. The van der Waals surface area contributed by atoms with Crippen molar-refractivity contribution in [3.8, 4) is 0 Å². The van der Waals surface area contributed by atoms with Gasteiger partial charge >= 0.3 is 0 Å². The van der Waals surface area contributed by atoms with E-state index >= 15 is 0 Å². The second-order valence-corrected chi connectivity index (χ2v) is 2.66. The molecule has 0 heterocycles.